The third-order valence-electron chi connectivity index (χ3n) is 4.24. The van der Waals surface area contributed by atoms with Crippen molar-refractivity contribution in [2.24, 2.45) is 0 Å². The number of nitrogens with zero attached hydrogens (tertiary/aromatic N) is 4. The van der Waals surface area contributed by atoms with E-state index in [0.717, 1.165) is 5.56 Å². The maximum Gasteiger partial charge on any atom is 0.257 e. The highest BCUT2D eigenvalue weighted by Gasteiger charge is 2.13. The van der Waals surface area contributed by atoms with E-state index in [9.17, 15) is 9.18 Å². The molecule has 4 aromatic rings. The van der Waals surface area contributed by atoms with Crippen molar-refractivity contribution in [3.8, 4) is 11.3 Å². The Balaban J connectivity index is 1.70. The fourth-order valence-electron chi connectivity index (χ4n) is 2.86. The minimum atomic E-state index is -0.378. The third kappa shape index (κ3) is 3.29. The van der Waals surface area contributed by atoms with Crippen LogP contribution in [0.25, 0.3) is 16.9 Å². The molecule has 0 spiro atoms. The molecule has 4 heterocycles. The standard InChI is InChI=1S/C19H17FN6O/c1-11-7-14(19(27)23-8-11)16-10-22-18-6-5-17(25-26(16)18)24-12(2)15-4-3-13(20)9-21-15/h3-10,12H,1-2H3,(H,23,27)(H,24,25)/t12-/m0/s1. The molecule has 4 aromatic heterocycles. The second-order valence-corrected chi connectivity index (χ2v) is 6.32. The van der Waals surface area contributed by atoms with Gasteiger partial charge in [-0.3, -0.25) is 9.78 Å². The molecule has 0 aliphatic carbocycles. The fourth-order valence-corrected chi connectivity index (χ4v) is 2.86. The van der Waals surface area contributed by atoms with Gasteiger partial charge >= 0.3 is 0 Å². The summed E-state index contributed by atoms with van der Waals surface area (Å²) < 4.78 is 14.7. The summed E-state index contributed by atoms with van der Waals surface area (Å²) in [6.45, 7) is 3.81. The van der Waals surface area contributed by atoms with Gasteiger partial charge in [-0.1, -0.05) is 0 Å². The predicted octanol–water partition coefficient (Wildman–Crippen LogP) is 3.10. The van der Waals surface area contributed by atoms with E-state index < -0.39 is 0 Å². The Labute approximate surface area is 153 Å². The second-order valence-electron chi connectivity index (χ2n) is 6.32. The van der Waals surface area contributed by atoms with Gasteiger partial charge in [-0.05, 0) is 49.7 Å². The lowest BCUT2D eigenvalue weighted by Gasteiger charge is -2.14. The minimum absolute atomic E-state index is 0.176. The van der Waals surface area contributed by atoms with Gasteiger partial charge < -0.3 is 10.3 Å². The van der Waals surface area contributed by atoms with Gasteiger partial charge in [0.25, 0.3) is 5.56 Å². The van der Waals surface area contributed by atoms with Crippen LogP contribution in [0.5, 0.6) is 0 Å². The molecule has 1 atom stereocenters. The maximum atomic E-state index is 13.0. The van der Waals surface area contributed by atoms with E-state index in [4.69, 9.17) is 0 Å². The number of fused-ring (bicyclic) bond motifs is 1. The summed E-state index contributed by atoms with van der Waals surface area (Å²) in [5.41, 5.74) is 3.16. The highest BCUT2D eigenvalue weighted by atomic mass is 19.1. The zero-order valence-corrected chi connectivity index (χ0v) is 14.8. The summed E-state index contributed by atoms with van der Waals surface area (Å²) in [5, 5.41) is 7.79. The molecular weight excluding hydrogens is 347 g/mol. The number of hydrogen-bond acceptors (Lipinski definition) is 5. The minimum Gasteiger partial charge on any atom is -0.361 e. The number of nitrogens with one attached hydrogen (secondary N) is 2. The quantitative estimate of drug-likeness (QED) is 0.581. The number of H-pyrrole nitrogens is 1. The summed E-state index contributed by atoms with van der Waals surface area (Å²) in [6.07, 6.45) is 4.47. The third-order valence-corrected chi connectivity index (χ3v) is 4.24. The van der Waals surface area contributed by atoms with Crippen LogP contribution in [0.4, 0.5) is 10.2 Å². The van der Waals surface area contributed by atoms with Crippen LogP contribution in [0.15, 0.2) is 53.7 Å². The molecule has 0 aliphatic heterocycles. The van der Waals surface area contributed by atoms with Gasteiger partial charge in [-0.25, -0.2) is 13.9 Å². The Bertz CT molecular complexity index is 1170. The molecule has 0 saturated carbocycles. The van der Waals surface area contributed by atoms with Gasteiger partial charge in [0.2, 0.25) is 0 Å². The van der Waals surface area contributed by atoms with E-state index in [1.54, 1.807) is 35.1 Å². The van der Waals surface area contributed by atoms with Crippen LogP contribution in [-0.4, -0.2) is 24.6 Å². The van der Waals surface area contributed by atoms with Crippen molar-refractivity contribution in [3.05, 3.63) is 76.4 Å². The number of anilines is 1. The molecule has 4 rings (SSSR count). The first-order valence-corrected chi connectivity index (χ1v) is 8.44. The number of aromatic nitrogens is 5. The smallest absolute Gasteiger partial charge is 0.257 e. The lowest BCUT2D eigenvalue weighted by Crippen LogP contribution is -2.12. The SMILES string of the molecule is Cc1c[nH]c(=O)c(-c2cnc3ccc(N[C@@H](C)c4ccc(F)cn4)nn23)c1. The lowest BCUT2D eigenvalue weighted by molar-refractivity contribution is 0.617. The molecule has 27 heavy (non-hydrogen) atoms. The number of rotatable bonds is 4. The van der Waals surface area contributed by atoms with Crippen molar-refractivity contribution < 1.29 is 4.39 Å². The van der Waals surface area contributed by atoms with Crippen molar-refractivity contribution in [2.45, 2.75) is 19.9 Å². The molecule has 0 amide bonds. The molecular formula is C19H17FN6O. The zero-order valence-electron chi connectivity index (χ0n) is 14.8. The molecule has 136 valence electrons. The Morgan fingerprint density at radius 1 is 1.19 bits per heavy atom. The summed E-state index contributed by atoms with van der Waals surface area (Å²) in [4.78, 5) is 23.3. The van der Waals surface area contributed by atoms with Gasteiger partial charge in [0.15, 0.2) is 5.65 Å². The summed E-state index contributed by atoms with van der Waals surface area (Å²) in [5.74, 6) is 0.210. The van der Waals surface area contributed by atoms with Gasteiger partial charge in [-0.2, -0.15) is 0 Å². The van der Waals surface area contributed by atoms with E-state index >= 15 is 0 Å². The van der Waals surface area contributed by atoms with Crippen molar-refractivity contribution >= 4 is 11.5 Å². The summed E-state index contributed by atoms with van der Waals surface area (Å²) >= 11 is 0. The molecule has 7 nitrogen and oxygen atoms in total. The molecule has 0 aliphatic rings. The number of imidazole rings is 1. The first-order valence-electron chi connectivity index (χ1n) is 8.44. The monoisotopic (exact) mass is 364 g/mol. The van der Waals surface area contributed by atoms with Crippen LogP contribution in [-0.2, 0) is 0 Å². The van der Waals surface area contributed by atoms with Crippen molar-refractivity contribution in [1.29, 1.82) is 0 Å². The average molecular weight is 364 g/mol. The largest absolute Gasteiger partial charge is 0.361 e. The van der Waals surface area contributed by atoms with Crippen LogP contribution >= 0.6 is 0 Å². The number of aryl methyl sites for hydroxylation is 1. The second kappa shape index (κ2) is 6.64. The fraction of sp³-hybridized carbons (Fsp3) is 0.158. The Hall–Kier alpha value is -3.55. The van der Waals surface area contributed by atoms with E-state index in [-0.39, 0.29) is 17.4 Å². The Morgan fingerprint density at radius 3 is 2.81 bits per heavy atom. The van der Waals surface area contributed by atoms with Gasteiger partial charge in [-0.15, -0.1) is 5.10 Å². The Kier molecular flexibility index (Phi) is 4.15. The summed E-state index contributed by atoms with van der Waals surface area (Å²) in [7, 11) is 0. The molecule has 8 heteroatoms. The number of pyridine rings is 2. The van der Waals surface area contributed by atoms with Gasteiger partial charge in [0, 0.05) is 6.20 Å². The number of halogens is 1. The molecule has 0 fully saturated rings. The van der Waals surface area contributed by atoms with Crippen LogP contribution in [0.3, 0.4) is 0 Å². The zero-order chi connectivity index (χ0) is 19.0. The van der Waals surface area contributed by atoms with Crippen LogP contribution in [0, 0.1) is 12.7 Å². The van der Waals surface area contributed by atoms with Crippen LogP contribution < -0.4 is 10.9 Å². The molecule has 0 saturated heterocycles. The predicted molar refractivity (Wildman–Crippen MR) is 100 cm³/mol. The highest BCUT2D eigenvalue weighted by Crippen LogP contribution is 2.20. The van der Waals surface area contributed by atoms with E-state index in [1.807, 2.05) is 19.9 Å². The lowest BCUT2D eigenvalue weighted by atomic mass is 10.2. The van der Waals surface area contributed by atoms with Gasteiger partial charge in [0.1, 0.15) is 11.6 Å². The van der Waals surface area contributed by atoms with E-state index in [1.165, 1.54) is 12.3 Å². The molecule has 0 aromatic carbocycles. The topological polar surface area (TPSA) is 88.0 Å². The molecule has 0 radical (unpaired) electrons. The maximum absolute atomic E-state index is 13.0. The van der Waals surface area contributed by atoms with Crippen molar-refractivity contribution in [3.63, 3.8) is 0 Å². The van der Waals surface area contributed by atoms with Crippen molar-refractivity contribution in [2.75, 3.05) is 5.32 Å². The van der Waals surface area contributed by atoms with Crippen molar-refractivity contribution in [1.82, 2.24) is 24.6 Å². The highest BCUT2D eigenvalue weighted by molar-refractivity contribution is 5.63. The van der Waals surface area contributed by atoms with E-state index in [2.05, 4.69) is 25.4 Å². The van der Waals surface area contributed by atoms with Crippen LogP contribution in [0.2, 0.25) is 0 Å². The summed E-state index contributed by atoms with van der Waals surface area (Å²) in [6, 6.07) is 8.23. The normalized spacial score (nSPS) is 12.3. The van der Waals surface area contributed by atoms with E-state index in [0.29, 0.717) is 28.4 Å². The average Bonchev–Trinajstić information content (AvgIpc) is 3.07. The van der Waals surface area contributed by atoms with Crippen LogP contribution in [0.1, 0.15) is 24.2 Å². The first-order chi connectivity index (χ1) is 13.0. The Morgan fingerprint density at radius 2 is 2.04 bits per heavy atom. The number of aromatic amines is 1. The first kappa shape index (κ1) is 16.9. The molecule has 2 N–H and O–H groups in total. The van der Waals surface area contributed by atoms with Gasteiger partial charge in [0.05, 0.1) is 35.4 Å². The molecule has 0 unspecified atom stereocenters. The number of hydrogen-bond donors (Lipinski definition) is 2. The molecule has 0 bridgehead atoms.